The third kappa shape index (κ3) is 5.42. The molecule has 28 heavy (non-hydrogen) atoms. The molecule has 2 aromatic rings. The standard InChI is InChI=1S/C23H29N3O2/c24-15-6-16-26(23(28)20-9-2-1-3-10-20)17-18-11-13-21(14-12-18)25-22(27)19-7-4-5-8-19/h1-3,9-14,19H,4-8,15-17,24H2,(H,25,27). The van der Waals surface area contributed by atoms with Crippen LogP contribution in [-0.2, 0) is 11.3 Å². The van der Waals surface area contributed by atoms with E-state index < -0.39 is 0 Å². The Morgan fingerprint density at radius 1 is 1.00 bits per heavy atom. The Morgan fingerprint density at radius 2 is 1.68 bits per heavy atom. The van der Waals surface area contributed by atoms with Crippen LogP contribution in [0.1, 0.15) is 48.0 Å². The lowest BCUT2D eigenvalue weighted by Gasteiger charge is -2.23. The molecule has 148 valence electrons. The second-order valence-corrected chi connectivity index (χ2v) is 7.40. The van der Waals surface area contributed by atoms with Crippen molar-refractivity contribution in [1.82, 2.24) is 4.90 Å². The summed E-state index contributed by atoms with van der Waals surface area (Å²) in [7, 11) is 0. The van der Waals surface area contributed by atoms with Crippen molar-refractivity contribution in [3.05, 3.63) is 65.7 Å². The second kappa shape index (κ2) is 10.0. The minimum atomic E-state index is 0.00710. The molecule has 1 fully saturated rings. The number of nitrogens with two attached hydrogens (primary N) is 1. The zero-order chi connectivity index (χ0) is 19.8. The molecule has 0 saturated heterocycles. The van der Waals surface area contributed by atoms with E-state index in [-0.39, 0.29) is 17.7 Å². The summed E-state index contributed by atoms with van der Waals surface area (Å²) in [6.07, 6.45) is 5.02. The number of nitrogens with zero attached hydrogens (tertiary/aromatic N) is 1. The highest BCUT2D eigenvalue weighted by Gasteiger charge is 2.22. The molecule has 0 spiro atoms. The van der Waals surface area contributed by atoms with E-state index in [4.69, 9.17) is 5.73 Å². The molecule has 2 amide bonds. The maximum Gasteiger partial charge on any atom is 0.254 e. The third-order valence-electron chi connectivity index (χ3n) is 5.26. The van der Waals surface area contributed by atoms with Gasteiger partial charge in [0.05, 0.1) is 0 Å². The Labute approximate surface area is 166 Å². The van der Waals surface area contributed by atoms with E-state index >= 15 is 0 Å². The zero-order valence-electron chi connectivity index (χ0n) is 16.3. The van der Waals surface area contributed by atoms with Gasteiger partial charge in [-0.25, -0.2) is 0 Å². The summed E-state index contributed by atoms with van der Waals surface area (Å²) in [5, 5.41) is 3.01. The first kappa shape index (κ1) is 20.1. The van der Waals surface area contributed by atoms with E-state index in [9.17, 15) is 9.59 Å². The molecule has 0 atom stereocenters. The van der Waals surface area contributed by atoms with Gasteiger partial charge in [-0.15, -0.1) is 0 Å². The van der Waals surface area contributed by atoms with Gasteiger partial charge in [0.2, 0.25) is 5.91 Å². The molecule has 0 radical (unpaired) electrons. The minimum absolute atomic E-state index is 0.00710. The van der Waals surface area contributed by atoms with E-state index in [0.29, 0.717) is 25.2 Å². The third-order valence-corrected chi connectivity index (χ3v) is 5.26. The first-order valence-electron chi connectivity index (χ1n) is 10.1. The number of benzene rings is 2. The summed E-state index contributed by atoms with van der Waals surface area (Å²) in [6.45, 7) is 1.68. The molecule has 5 nitrogen and oxygen atoms in total. The Morgan fingerprint density at radius 3 is 2.32 bits per heavy atom. The lowest BCUT2D eigenvalue weighted by molar-refractivity contribution is -0.119. The van der Waals surface area contributed by atoms with Gasteiger partial charge in [0.1, 0.15) is 0 Å². The van der Waals surface area contributed by atoms with Crippen LogP contribution in [0.2, 0.25) is 0 Å². The topological polar surface area (TPSA) is 75.4 Å². The van der Waals surface area contributed by atoms with Gasteiger partial charge in [-0.1, -0.05) is 43.2 Å². The summed E-state index contributed by atoms with van der Waals surface area (Å²) in [5.74, 6) is 0.275. The first-order chi connectivity index (χ1) is 13.7. The first-order valence-corrected chi connectivity index (χ1v) is 10.1. The highest BCUT2D eigenvalue weighted by Crippen LogP contribution is 2.26. The largest absolute Gasteiger partial charge is 0.334 e. The van der Waals surface area contributed by atoms with E-state index in [1.165, 1.54) is 0 Å². The number of amides is 2. The maximum atomic E-state index is 12.8. The van der Waals surface area contributed by atoms with E-state index in [1.807, 2.05) is 59.5 Å². The van der Waals surface area contributed by atoms with Gasteiger partial charge in [0.25, 0.3) is 5.91 Å². The van der Waals surface area contributed by atoms with Gasteiger partial charge < -0.3 is 16.0 Å². The molecule has 0 heterocycles. The van der Waals surface area contributed by atoms with Crippen LogP contribution in [0.3, 0.4) is 0 Å². The zero-order valence-corrected chi connectivity index (χ0v) is 16.3. The summed E-state index contributed by atoms with van der Waals surface area (Å²) >= 11 is 0. The predicted octanol–water partition coefficient (Wildman–Crippen LogP) is 3.81. The lowest BCUT2D eigenvalue weighted by atomic mass is 10.1. The molecule has 3 rings (SSSR count). The minimum Gasteiger partial charge on any atom is -0.334 e. The number of anilines is 1. The average molecular weight is 380 g/mol. The molecular weight excluding hydrogens is 350 g/mol. The fourth-order valence-electron chi connectivity index (χ4n) is 3.64. The van der Waals surface area contributed by atoms with Crippen LogP contribution in [-0.4, -0.2) is 29.8 Å². The van der Waals surface area contributed by atoms with Crippen molar-refractivity contribution < 1.29 is 9.59 Å². The van der Waals surface area contributed by atoms with E-state index in [0.717, 1.165) is 43.4 Å². The van der Waals surface area contributed by atoms with Gasteiger partial charge >= 0.3 is 0 Å². The average Bonchev–Trinajstić information content (AvgIpc) is 3.27. The molecule has 1 saturated carbocycles. The Hall–Kier alpha value is -2.66. The summed E-state index contributed by atoms with van der Waals surface area (Å²) in [5.41, 5.74) is 8.17. The summed E-state index contributed by atoms with van der Waals surface area (Å²) in [6, 6.07) is 17.1. The Balaban J connectivity index is 1.63. The van der Waals surface area contributed by atoms with Gasteiger partial charge in [-0.05, 0) is 55.6 Å². The number of carbonyl (C=O) groups excluding carboxylic acids is 2. The van der Waals surface area contributed by atoms with Crippen molar-refractivity contribution in [3.63, 3.8) is 0 Å². The second-order valence-electron chi connectivity index (χ2n) is 7.40. The fourth-order valence-corrected chi connectivity index (χ4v) is 3.64. The Bertz CT molecular complexity index is 768. The molecule has 1 aliphatic rings. The number of carbonyl (C=O) groups is 2. The normalized spacial score (nSPS) is 14.0. The van der Waals surface area contributed by atoms with Crippen molar-refractivity contribution in [2.24, 2.45) is 11.7 Å². The van der Waals surface area contributed by atoms with Crippen molar-refractivity contribution in [1.29, 1.82) is 0 Å². The molecule has 2 aromatic carbocycles. The Kier molecular flexibility index (Phi) is 7.20. The van der Waals surface area contributed by atoms with Crippen LogP contribution in [0.4, 0.5) is 5.69 Å². The highest BCUT2D eigenvalue weighted by atomic mass is 16.2. The van der Waals surface area contributed by atoms with Crippen LogP contribution < -0.4 is 11.1 Å². The van der Waals surface area contributed by atoms with Crippen molar-refractivity contribution >= 4 is 17.5 Å². The van der Waals surface area contributed by atoms with Crippen LogP contribution >= 0.6 is 0 Å². The fraction of sp³-hybridized carbons (Fsp3) is 0.391. The van der Waals surface area contributed by atoms with E-state index in [1.54, 1.807) is 0 Å². The molecule has 5 heteroatoms. The summed E-state index contributed by atoms with van der Waals surface area (Å²) in [4.78, 5) is 26.9. The van der Waals surface area contributed by atoms with Gasteiger partial charge in [-0.3, -0.25) is 9.59 Å². The molecule has 0 unspecified atom stereocenters. The van der Waals surface area contributed by atoms with Crippen LogP contribution in [0.15, 0.2) is 54.6 Å². The number of nitrogens with one attached hydrogen (secondary N) is 1. The molecule has 3 N–H and O–H groups in total. The van der Waals surface area contributed by atoms with Crippen molar-refractivity contribution in [2.45, 2.75) is 38.6 Å². The molecule has 0 aliphatic heterocycles. The maximum absolute atomic E-state index is 12.8. The van der Waals surface area contributed by atoms with Gasteiger partial charge in [-0.2, -0.15) is 0 Å². The summed E-state index contributed by atoms with van der Waals surface area (Å²) < 4.78 is 0. The number of hydrogen-bond acceptors (Lipinski definition) is 3. The highest BCUT2D eigenvalue weighted by molar-refractivity contribution is 5.94. The smallest absolute Gasteiger partial charge is 0.254 e. The molecule has 0 aromatic heterocycles. The SMILES string of the molecule is NCCCN(Cc1ccc(NC(=O)C2CCCC2)cc1)C(=O)c1ccccc1. The van der Waals surface area contributed by atoms with Crippen molar-refractivity contribution in [3.8, 4) is 0 Å². The number of hydrogen-bond donors (Lipinski definition) is 2. The molecular formula is C23H29N3O2. The number of rotatable bonds is 8. The quantitative estimate of drug-likeness (QED) is 0.732. The van der Waals surface area contributed by atoms with Gasteiger partial charge in [0, 0.05) is 30.3 Å². The van der Waals surface area contributed by atoms with Crippen LogP contribution in [0, 0.1) is 5.92 Å². The van der Waals surface area contributed by atoms with Gasteiger partial charge in [0.15, 0.2) is 0 Å². The molecule has 1 aliphatic carbocycles. The monoisotopic (exact) mass is 379 g/mol. The van der Waals surface area contributed by atoms with Crippen LogP contribution in [0.25, 0.3) is 0 Å². The molecule has 0 bridgehead atoms. The predicted molar refractivity (Wildman–Crippen MR) is 112 cm³/mol. The lowest BCUT2D eigenvalue weighted by Crippen LogP contribution is -2.32. The van der Waals surface area contributed by atoms with E-state index in [2.05, 4.69) is 5.32 Å². The van der Waals surface area contributed by atoms with Crippen LogP contribution in [0.5, 0.6) is 0 Å². The van der Waals surface area contributed by atoms with Crippen molar-refractivity contribution in [2.75, 3.05) is 18.4 Å².